The Morgan fingerprint density at radius 3 is 2.87 bits per heavy atom. The summed E-state index contributed by atoms with van der Waals surface area (Å²) in [4.78, 5) is 0. The van der Waals surface area contributed by atoms with Gasteiger partial charge in [-0.05, 0) is 24.6 Å². The summed E-state index contributed by atoms with van der Waals surface area (Å²) >= 11 is 17.1. The second-order valence-electron chi connectivity index (χ2n) is 3.21. The Kier molecular flexibility index (Phi) is 5.48. The second-order valence-corrected chi connectivity index (χ2v) is 4.35. The average molecular weight is 265 g/mol. The molecule has 1 atom stereocenters. The lowest BCUT2D eigenvalue weighted by Crippen LogP contribution is -2.19. The summed E-state index contributed by atoms with van der Waals surface area (Å²) in [7, 11) is 0. The molecule has 15 heavy (non-hydrogen) atoms. The minimum atomic E-state index is 0.189. The van der Waals surface area contributed by atoms with Crippen LogP contribution in [0, 0.1) is 0 Å². The normalized spacial score (nSPS) is 14.0. The fourth-order valence-electron chi connectivity index (χ4n) is 1.18. The summed E-state index contributed by atoms with van der Waals surface area (Å²) in [6.45, 7) is 2.60. The van der Waals surface area contributed by atoms with Crippen molar-refractivity contribution in [2.24, 2.45) is 0 Å². The third-order valence-corrected chi connectivity index (χ3v) is 2.90. The summed E-state index contributed by atoms with van der Waals surface area (Å²) in [5.41, 5.74) is 2.49. The zero-order valence-electron chi connectivity index (χ0n) is 8.31. The zero-order chi connectivity index (χ0) is 11.3. The van der Waals surface area contributed by atoms with Gasteiger partial charge in [0.1, 0.15) is 0 Å². The average Bonchev–Trinajstić information content (AvgIpc) is 2.25. The molecule has 0 unspecified atom stereocenters. The molecule has 0 fully saturated rings. The molecule has 1 N–H and O–H groups in total. The van der Waals surface area contributed by atoms with Crippen molar-refractivity contribution in [3.63, 3.8) is 0 Å². The van der Waals surface area contributed by atoms with Crippen molar-refractivity contribution in [2.45, 2.75) is 13.0 Å². The first-order valence-corrected chi connectivity index (χ1v) is 5.76. The number of hydrogen-bond donors (Lipinski definition) is 1. The van der Waals surface area contributed by atoms with Gasteiger partial charge in [-0.1, -0.05) is 46.9 Å². The van der Waals surface area contributed by atoms with Crippen molar-refractivity contribution >= 4 is 34.8 Å². The van der Waals surface area contributed by atoms with E-state index in [2.05, 4.69) is 5.32 Å². The predicted molar refractivity (Wildman–Crippen MR) is 67.7 cm³/mol. The lowest BCUT2D eigenvalue weighted by Gasteiger charge is -2.13. The molecule has 0 saturated heterocycles. The maximum absolute atomic E-state index is 5.89. The zero-order valence-corrected chi connectivity index (χ0v) is 10.6. The van der Waals surface area contributed by atoms with Crippen LogP contribution in [0.1, 0.15) is 18.5 Å². The Morgan fingerprint density at radius 1 is 1.53 bits per heavy atom. The van der Waals surface area contributed by atoms with E-state index in [1.165, 1.54) is 5.54 Å². The van der Waals surface area contributed by atoms with Crippen LogP contribution in [0.2, 0.25) is 5.02 Å². The summed E-state index contributed by atoms with van der Waals surface area (Å²) in [6.07, 6.45) is 0. The molecule has 0 aliphatic heterocycles. The molecule has 0 bridgehead atoms. The van der Waals surface area contributed by atoms with E-state index in [4.69, 9.17) is 34.8 Å². The summed E-state index contributed by atoms with van der Waals surface area (Å²) in [6, 6.07) is 7.91. The first kappa shape index (κ1) is 12.9. The van der Waals surface area contributed by atoms with Crippen LogP contribution in [-0.2, 0) is 0 Å². The van der Waals surface area contributed by atoms with Gasteiger partial charge in [0.25, 0.3) is 0 Å². The Labute approximate surface area is 105 Å². The molecule has 0 aliphatic rings. The van der Waals surface area contributed by atoms with E-state index in [0.717, 1.165) is 10.6 Å². The van der Waals surface area contributed by atoms with Gasteiger partial charge in [-0.25, -0.2) is 0 Å². The topological polar surface area (TPSA) is 12.0 Å². The van der Waals surface area contributed by atoms with Gasteiger partial charge in [-0.2, -0.15) is 0 Å². The SMILES string of the molecule is C[C@@H](NC/C(Cl)=C/Cl)c1cccc(Cl)c1. The van der Waals surface area contributed by atoms with Crippen LogP contribution in [0.4, 0.5) is 0 Å². The standard InChI is InChI=1S/C11H12Cl3N/c1-8(15-7-11(14)6-12)9-3-2-4-10(13)5-9/h2-6,8,15H,7H2,1H3/b11-6-/t8-/m1/s1. The molecule has 0 amide bonds. The molecule has 1 aromatic rings. The van der Waals surface area contributed by atoms with Crippen molar-refractivity contribution in [3.05, 3.63) is 45.4 Å². The van der Waals surface area contributed by atoms with E-state index in [1.807, 2.05) is 31.2 Å². The van der Waals surface area contributed by atoms with Gasteiger partial charge in [-0.15, -0.1) is 0 Å². The molecule has 0 aliphatic carbocycles. The maximum Gasteiger partial charge on any atom is 0.0432 e. The maximum atomic E-state index is 5.89. The van der Waals surface area contributed by atoms with Gasteiger partial charge in [0.15, 0.2) is 0 Å². The highest BCUT2D eigenvalue weighted by Crippen LogP contribution is 2.17. The van der Waals surface area contributed by atoms with Crippen LogP contribution in [0.5, 0.6) is 0 Å². The van der Waals surface area contributed by atoms with E-state index in [-0.39, 0.29) is 6.04 Å². The molecule has 0 saturated carbocycles. The van der Waals surface area contributed by atoms with Gasteiger partial charge in [-0.3, -0.25) is 0 Å². The summed E-state index contributed by atoms with van der Waals surface area (Å²) in [5.74, 6) is 0. The number of benzene rings is 1. The molecule has 0 spiro atoms. The molecular formula is C11H12Cl3N. The van der Waals surface area contributed by atoms with E-state index in [9.17, 15) is 0 Å². The molecule has 1 aromatic carbocycles. The first-order valence-electron chi connectivity index (χ1n) is 4.57. The molecule has 82 valence electrons. The van der Waals surface area contributed by atoms with Crippen molar-refractivity contribution < 1.29 is 0 Å². The van der Waals surface area contributed by atoms with Gasteiger partial charge in [0, 0.05) is 28.2 Å². The summed E-state index contributed by atoms with van der Waals surface area (Å²) in [5, 5.41) is 4.56. The van der Waals surface area contributed by atoms with E-state index < -0.39 is 0 Å². The Hall–Kier alpha value is -0.210. The minimum Gasteiger partial charge on any atom is -0.305 e. The predicted octanol–water partition coefficient (Wildman–Crippen LogP) is 4.31. The highest BCUT2D eigenvalue weighted by Gasteiger charge is 2.05. The van der Waals surface area contributed by atoms with E-state index >= 15 is 0 Å². The van der Waals surface area contributed by atoms with Crippen LogP contribution >= 0.6 is 34.8 Å². The third-order valence-electron chi connectivity index (χ3n) is 2.04. The third kappa shape index (κ3) is 4.43. The lowest BCUT2D eigenvalue weighted by atomic mass is 10.1. The summed E-state index contributed by atoms with van der Waals surface area (Å²) < 4.78 is 0. The quantitative estimate of drug-likeness (QED) is 0.854. The fraction of sp³-hybridized carbons (Fsp3) is 0.273. The molecule has 0 radical (unpaired) electrons. The molecule has 0 aromatic heterocycles. The molecular weight excluding hydrogens is 252 g/mol. The van der Waals surface area contributed by atoms with Crippen LogP contribution in [0.25, 0.3) is 0 Å². The Balaban J connectivity index is 2.57. The largest absolute Gasteiger partial charge is 0.305 e. The van der Waals surface area contributed by atoms with Crippen molar-refractivity contribution in [1.29, 1.82) is 0 Å². The van der Waals surface area contributed by atoms with Crippen LogP contribution in [0.15, 0.2) is 34.8 Å². The number of hydrogen-bond acceptors (Lipinski definition) is 1. The number of nitrogens with one attached hydrogen (secondary N) is 1. The van der Waals surface area contributed by atoms with Crippen molar-refractivity contribution in [2.75, 3.05) is 6.54 Å². The second kappa shape index (κ2) is 6.39. The minimum absolute atomic E-state index is 0.189. The smallest absolute Gasteiger partial charge is 0.0432 e. The van der Waals surface area contributed by atoms with Crippen LogP contribution < -0.4 is 5.32 Å². The van der Waals surface area contributed by atoms with E-state index in [0.29, 0.717) is 11.6 Å². The van der Waals surface area contributed by atoms with Crippen molar-refractivity contribution in [1.82, 2.24) is 5.32 Å². The van der Waals surface area contributed by atoms with Gasteiger partial charge in [0.05, 0.1) is 0 Å². The Bertz CT molecular complexity index is 349. The Morgan fingerprint density at radius 2 is 2.27 bits per heavy atom. The number of rotatable bonds is 4. The highest BCUT2D eigenvalue weighted by molar-refractivity contribution is 6.36. The molecule has 1 nitrogen and oxygen atoms in total. The van der Waals surface area contributed by atoms with Crippen LogP contribution in [0.3, 0.4) is 0 Å². The van der Waals surface area contributed by atoms with E-state index in [1.54, 1.807) is 0 Å². The van der Waals surface area contributed by atoms with Crippen LogP contribution in [-0.4, -0.2) is 6.54 Å². The van der Waals surface area contributed by atoms with Gasteiger partial charge < -0.3 is 5.32 Å². The fourth-order valence-corrected chi connectivity index (χ4v) is 1.54. The molecule has 1 rings (SSSR count). The first-order chi connectivity index (χ1) is 7.13. The highest BCUT2D eigenvalue weighted by atomic mass is 35.5. The molecule has 0 heterocycles. The lowest BCUT2D eigenvalue weighted by molar-refractivity contribution is 0.614. The van der Waals surface area contributed by atoms with Gasteiger partial charge >= 0.3 is 0 Å². The number of halogens is 3. The van der Waals surface area contributed by atoms with Crippen molar-refractivity contribution in [3.8, 4) is 0 Å². The monoisotopic (exact) mass is 263 g/mol. The van der Waals surface area contributed by atoms with Gasteiger partial charge in [0.2, 0.25) is 0 Å². The molecule has 4 heteroatoms.